The van der Waals surface area contributed by atoms with E-state index in [1.54, 1.807) is 20.8 Å². The van der Waals surface area contributed by atoms with E-state index in [1.165, 1.54) is 25.3 Å². The van der Waals surface area contributed by atoms with Crippen LogP contribution < -0.4 is 4.74 Å². The number of benzene rings is 2. The molecule has 2 aromatic carbocycles. The zero-order valence-corrected chi connectivity index (χ0v) is 23.0. The van der Waals surface area contributed by atoms with Crippen molar-refractivity contribution >= 4 is 17.5 Å². The van der Waals surface area contributed by atoms with Crippen molar-refractivity contribution < 1.29 is 62.9 Å². The number of carbonyl (C=O) groups excluding carboxylic acids is 2. The first-order valence-corrected chi connectivity index (χ1v) is 13.3. The van der Waals surface area contributed by atoms with Crippen molar-refractivity contribution in [1.29, 1.82) is 0 Å². The number of aliphatic hydroxyl groups is 1. The molecule has 42 heavy (non-hydrogen) atoms. The van der Waals surface area contributed by atoms with Gasteiger partial charge in [0.15, 0.2) is 29.6 Å². The van der Waals surface area contributed by atoms with Gasteiger partial charge in [0.1, 0.15) is 29.5 Å². The SMILES string of the molecule is COc1cccc2c1C(=O)c1c(O)c3c(c(O)c1C2=O)C[C@@](O)(C(=O)O)C[C@@H]3O[C@@H]1O[C@@H](C)[C@H]2OC(C)(C)O[C@H]2[C@H]1F. The summed E-state index contributed by atoms with van der Waals surface area (Å²) in [5.74, 6) is -5.97. The van der Waals surface area contributed by atoms with Gasteiger partial charge in [-0.15, -0.1) is 0 Å². The zero-order chi connectivity index (χ0) is 30.5. The molecule has 12 nitrogen and oxygen atoms in total. The molecule has 4 aliphatic rings. The Labute approximate surface area is 238 Å². The molecule has 0 spiro atoms. The van der Waals surface area contributed by atoms with Gasteiger partial charge in [-0.3, -0.25) is 9.59 Å². The number of alkyl halides is 1. The Hall–Kier alpha value is -3.62. The topological polar surface area (TPSA) is 178 Å². The summed E-state index contributed by atoms with van der Waals surface area (Å²) in [6, 6.07) is 4.28. The Balaban J connectivity index is 1.48. The van der Waals surface area contributed by atoms with E-state index in [0.29, 0.717) is 0 Å². The summed E-state index contributed by atoms with van der Waals surface area (Å²) in [6.07, 6.45) is -9.28. The fraction of sp³-hybridized carbons (Fsp3) is 0.483. The van der Waals surface area contributed by atoms with E-state index in [1.807, 2.05) is 0 Å². The highest BCUT2D eigenvalue weighted by Gasteiger charge is 2.57. The number of rotatable bonds is 4. The van der Waals surface area contributed by atoms with Gasteiger partial charge in [-0.2, -0.15) is 0 Å². The van der Waals surface area contributed by atoms with Gasteiger partial charge >= 0.3 is 5.97 Å². The number of ketones is 2. The number of halogens is 1. The van der Waals surface area contributed by atoms with Crippen LogP contribution in [0.2, 0.25) is 0 Å². The lowest BCUT2D eigenvalue weighted by Crippen LogP contribution is -2.55. The average molecular weight is 589 g/mol. The predicted molar refractivity (Wildman–Crippen MR) is 137 cm³/mol. The zero-order valence-electron chi connectivity index (χ0n) is 23.0. The second-order valence-electron chi connectivity index (χ2n) is 11.4. The minimum Gasteiger partial charge on any atom is -0.507 e. The highest BCUT2D eigenvalue weighted by Crippen LogP contribution is 2.53. The largest absolute Gasteiger partial charge is 0.507 e. The molecule has 6 rings (SSSR count). The number of methoxy groups -OCH3 is 1. The van der Waals surface area contributed by atoms with E-state index in [-0.39, 0.29) is 28.0 Å². The third-order valence-electron chi connectivity index (χ3n) is 8.32. The summed E-state index contributed by atoms with van der Waals surface area (Å²) >= 11 is 0. The van der Waals surface area contributed by atoms with Crippen LogP contribution in [0.3, 0.4) is 0 Å². The number of ether oxygens (including phenoxy) is 5. The second kappa shape index (κ2) is 9.44. The van der Waals surface area contributed by atoms with Gasteiger partial charge in [0.25, 0.3) is 0 Å². The molecule has 2 fully saturated rings. The molecule has 2 heterocycles. The first-order chi connectivity index (χ1) is 19.7. The number of aliphatic carboxylic acids is 1. The summed E-state index contributed by atoms with van der Waals surface area (Å²) in [7, 11) is 1.30. The third kappa shape index (κ3) is 4.02. The molecule has 0 saturated carbocycles. The van der Waals surface area contributed by atoms with Gasteiger partial charge in [-0.1, -0.05) is 12.1 Å². The van der Waals surface area contributed by atoms with E-state index in [4.69, 9.17) is 23.7 Å². The first kappa shape index (κ1) is 28.5. The third-order valence-corrected chi connectivity index (χ3v) is 8.32. The molecule has 2 aliphatic carbocycles. The fourth-order valence-electron chi connectivity index (χ4n) is 6.41. The van der Waals surface area contributed by atoms with Crippen LogP contribution in [-0.4, -0.2) is 87.2 Å². The van der Waals surface area contributed by atoms with Crippen LogP contribution in [0, 0.1) is 0 Å². The van der Waals surface area contributed by atoms with Crippen molar-refractivity contribution in [3.63, 3.8) is 0 Å². The number of carboxylic acid groups (broad SMARTS) is 1. The Morgan fingerprint density at radius 2 is 1.71 bits per heavy atom. The van der Waals surface area contributed by atoms with Crippen LogP contribution in [-0.2, 0) is 30.2 Å². The summed E-state index contributed by atoms with van der Waals surface area (Å²) in [5.41, 5.74) is -4.50. The number of phenols is 2. The van der Waals surface area contributed by atoms with Gasteiger partial charge < -0.3 is 44.1 Å². The molecule has 224 valence electrons. The van der Waals surface area contributed by atoms with Crippen LogP contribution >= 0.6 is 0 Å². The van der Waals surface area contributed by atoms with E-state index in [9.17, 15) is 34.8 Å². The summed E-state index contributed by atoms with van der Waals surface area (Å²) in [6.45, 7) is 4.84. The summed E-state index contributed by atoms with van der Waals surface area (Å²) in [4.78, 5) is 39.4. The van der Waals surface area contributed by atoms with Crippen molar-refractivity contribution in [2.45, 2.75) is 81.9 Å². The fourth-order valence-corrected chi connectivity index (χ4v) is 6.41. The average Bonchev–Trinajstić information content (AvgIpc) is 3.27. The molecular weight excluding hydrogens is 559 g/mol. The standard InChI is InChI=1S/C29H29FO12/c1-10-24-25(42-28(2,3)41-24)19(30)26(39-10)40-14-9-29(37,27(35)36)8-12-16(14)23(34)18-17(21(12)32)20(31)11-6-5-7-13(38-4)15(11)22(18)33/h5-7,10,14,19,24-26,32,34,37H,8-9H2,1-4H3,(H,35,36)/t10-,14-,19+,24+,25-,26-,29-/m0/s1. The second-order valence-corrected chi connectivity index (χ2v) is 11.4. The van der Waals surface area contributed by atoms with Crippen molar-refractivity contribution in [2.75, 3.05) is 7.11 Å². The Morgan fingerprint density at radius 1 is 1.05 bits per heavy atom. The molecule has 0 radical (unpaired) electrons. The van der Waals surface area contributed by atoms with Crippen LogP contribution in [0.5, 0.6) is 17.2 Å². The van der Waals surface area contributed by atoms with Crippen molar-refractivity contribution in [1.82, 2.24) is 0 Å². The summed E-state index contributed by atoms with van der Waals surface area (Å²) in [5, 5.41) is 43.8. The van der Waals surface area contributed by atoms with Crippen molar-refractivity contribution in [3.8, 4) is 17.2 Å². The van der Waals surface area contributed by atoms with E-state index < -0.39 is 101 Å². The van der Waals surface area contributed by atoms with Crippen LogP contribution in [0.15, 0.2) is 18.2 Å². The highest BCUT2D eigenvalue weighted by molar-refractivity contribution is 6.31. The maximum atomic E-state index is 15.8. The monoisotopic (exact) mass is 588 g/mol. The Bertz CT molecular complexity index is 1540. The van der Waals surface area contributed by atoms with E-state index >= 15 is 4.39 Å². The number of carboxylic acids is 1. The molecule has 2 aromatic rings. The molecular formula is C29H29FO12. The number of hydrogen-bond donors (Lipinski definition) is 4. The molecule has 0 amide bonds. The highest BCUT2D eigenvalue weighted by atomic mass is 19.1. The maximum Gasteiger partial charge on any atom is 0.336 e. The number of phenolic OH excluding ortho intramolecular Hbond substituents is 2. The van der Waals surface area contributed by atoms with Gasteiger partial charge in [0.2, 0.25) is 5.78 Å². The number of aromatic hydroxyl groups is 2. The molecule has 0 unspecified atom stereocenters. The Kier molecular flexibility index (Phi) is 6.41. The minimum atomic E-state index is -2.55. The lowest BCUT2D eigenvalue weighted by molar-refractivity contribution is -0.278. The van der Waals surface area contributed by atoms with Gasteiger partial charge in [0, 0.05) is 29.5 Å². The lowest BCUT2D eigenvalue weighted by Gasteiger charge is -2.42. The molecule has 0 bridgehead atoms. The number of hydrogen-bond acceptors (Lipinski definition) is 11. The van der Waals surface area contributed by atoms with E-state index in [0.717, 1.165) is 0 Å². The Morgan fingerprint density at radius 3 is 2.38 bits per heavy atom. The van der Waals surface area contributed by atoms with Gasteiger partial charge in [-0.25, -0.2) is 9.18 Å². The van der Waals surface area contributed by atoms with Crippen LogP contribution in [0.25, 0.3) is 0 Å². The maximum absolute atomic E-state index is 15.8. The molecule has 13 heteroatoms. The smallest absolute Gasteiger partial charge is 0.336 e. The first-order valence-electron chi connectivity index (χ1n) is 13.3. The van der Waals surface area contributed by atoms with Crippen molar-refractivity contribution in [2.24, 2.45) is 0 Å². The quantitative estimate of drug-likeness (QED) is 0.328. The molecule has 2 aliphatic heterocycles. The molecule has 4 N–H and O–H groups in total. The van der Waals surface area contributed by atoms with Crippen LogP contribution in [0.1, 0.15) is 76.3 Å². The molecule has 7 atom stereocenters. The van der Waals surface area contributed by atoms with Crippen molar-refractivity contribution in [3.05, 3.63) is 51.6 Å². The van der Waals surface area contributed by atoms with Gasteiger partial charge in [-0.05, 0) is 26.8 Å². The minimum absolute atomic E-state index is 0.0577. The summed E-state index contributed by atoms with van der Waals surface area (Å²) < 4.78 is 44.1. The predicted octanol–water partition coefficient (Wildman–Crippen LogP) is 2.30. The number of carbonyl (C=O) groups is 3. The lowest BCUT2D eigenvalue weighted by atomic mass is 9.73. The molecule has 0 aromatic heterocycles. The van der Waals surface area contributed by atoms with E-state index in [2.05, 4.69) is 0 Å². The normalized spacial score (nSPS) is 32.9. The molecule has 2 saturated heterocycles. The van der Waals surface area contributed by atoms with Crippen LogP contribution in [0.4, 0.5) is 4.39 Å². The number of fused-ring (bicyclic) bond motifs is 4. The van der Waals surface area contributed by atoms with Gasteiger partial charge in [0.05, 0.1) is 36.0 Å².